The molecule has 0 saturated heterocycles. The topological polar surface area (TPSA) is 125 Å². The fourth-order valence-electron chi connectivity index (χ4n) is 0.735. The fraction of sp³-hybridized carbons (Fsp3) is 0.500. The molecule has 0 aromatic heterocycles. The van der Waals surface area contributed by atoms with Gasteiger partial charge in [0, 0.05) is 12.3 Å². The van der Waals surface area contributed by atoms with Crippen molar-refractivity contribution in [2.45, 2.75) is 0 Å². The molecule has 96 valence electrons. The number of hydrogen-bond acceptors (Lipinski definition) is 5. The van der Waals surface area contributed by atoms with E-state index in [1.165, 1.54) is 0 Å². The number of hydrogen-bond donors (Lipinski definition) is 5. The average molecular weight is 263 g/mol. The Morgan fingerprint density at radius 2 is 1.47 bits per heavy atom. The molecule has 0 unspecified atom stereocenters. The maximum Gasteiger partial charge on any atom is 0.322 e. The van der Waals surface area contributed by atoms with Crippen molar-refractivity contribution in [1.29, 1.82) is 0 Å². The first-order valence-electron chi connectivity index (χ1n) is 4.62. The van der Waals surface area contributed by atoms with E-state index in [0.29, 0.717) is 12.3 Å². The molecule has 0 aromatic carbocycles. The molecule has 0 bridgehead atoms. The van der Waals surface area contributed by atoms with Gasteiger partial charge in [-0.05, 0) is 0 Å². The standard InChI is InChI=1S/C8H13N3O5S/c12-5(9-1-2-17)3-10-7(15)8(16)11-4-6(13)14/h17H,1-4H2,(H,9,12)(H,10,15)(H,11,16)(H,13,14). The lowest BCUT2D eigenvalue weighted by Gasteiger charge is -2.05. The van der Waals surface area contributed by atoms with Gasteiger partial charge in [-0.1, -0.05) is 0 Å². The van der Waals surface area contributed by atoms with Gasteiger partial charge in [0.25, 0.3) is 0 Å². The third-order valence-corrected chi connectivity index (χ3v) is 1.67. The highest BCUT2D eigenvalue weighted by molar-refractivity contribution is 7.80. The summed E-state index contributed by atoms with van der Waals surface area (Å²) >= 11 is 3.86. The highest BCUT2D eigenvalue weighted by atomic mass is 32.1. The molecule has 17 heavy (non-hydrogen) atoms. The zero-order valence-corrected chi connectivity index (χ0v) is 9.75. The third-order valence-electron chi connectivity index (χ3n) is 1.45. The van der Waals surface area contributed by atoms with E-state index in [9.17, 15) is 19.2 Å². The summed E-state index contributed by atoms with van der Waals surface area (Å²) in [6.45, 7) is -0.659. The van der Waals surface area contributed by atoms with Gasteiger partial charge in [0.2, 0.25) is 5.91 Å². The molecule has 0 aliphatic rings. The van der Waals surface area contributed by atoms with Crippen molar-refractivity contribution in [3.8, 4) is 0 Å². The van der Waals surface area contributed by atoms with Crippen molar-refractivity contribution in [3.05, 3.63) is 0 Å². The van der Waals surface area contributed by atoms with Crippen LogP contribution in [0.3, 0.4) is 0 Å². The normalized spacial score (nSPS) is 9.24. The molecule has 0 spiro atoms. The molecule has 0 rings (SSSR count). The largest absolute Gasteiger partial charge is 0.480 e. The second-order valence-corrected chi connectivity index (χ2v) is 3.28. The molecule has 3 amide bonds. The smallest absolute Gasteiger partial charge is 0.322 e. The van der Waals surface area contributed by atoms with Gasteiger partial charge >= 0.3 is 17.8 Å². The molecule has 9 heteroatoms. The monoisotopic (exact) mass is 263 g/mol. The first kappa shape index (κ1) is 15.2. The van der Waals surface area contributed by atoms with Crippen LogP contribution in [0.1, 0.15) is 0 Å². The Labute approximate surface area is 103 Å². The van der Waals surface area contributed by atoms with Gasteiger partial charge in [0.1, 0.15) is 6.54 Å². The molecule has 0 aromatic rings. The predicted octanol–water partition coefficient (Wildman–Crippen LogP) is -2.65. The van der Waals surface area contributed by atoms with E-state index in [2.05, 4.69) is 17.9 Å². The van der Waals surface area contributed by atoms with E-state index in [-0.39, 0.29) is 6.54 Å². The number of thiol groups is 1. The number of aliphatic carboxylic acids is 1. The van der Waals surface area contributed by atoms with Crippen molar-refractivity contribution in [3.63, 3.8) is 0 Å². The Kier molecular flexibility index (Phi) is 7.52. The lowest BCUT2D eigenvalue weighted by Crippen LogP contribution is -2.45. The van der Waals surface area contributed by atoms with Crippen LogP contribution >= 0.6 is 12.6 Å². The van der Waals surface area contributed by atoms with E-state index in [1.807, 2.05) is 10.6 Å². The minimum absolute atomic E-state index is 0.350. The molecule has 0 radical (unpaired) electrons. The van der Waals surface area contributed by atoms with Gasteiger partial charge in [-0.3, -0.25) is 19.2 Å². The lowest BCUT2D eigenvalue weighted by atomic mass is 10.4. The van der Waals surface area contributed by atoms with E-state index in [4.69, 9.17) is 5.11 Å². The van der Waals surface area contributed by atoms with Crippen LogP contribution in [0.4, 0.5) is 0 Å². The Hall–Kier alpha value is -1.77. The van der Waals surface area contributed by atoms with Gasteiger partial charge < -0.3 is 21.1 Å². The number of carbonyl (C=O) groups is 4. The summed E-state index contributed by atoms with van der Waals surface area (Å²) in [7, 11) is 0. The van der Waals surface area contributed by atoms with Crippen molar-refractivity contribution in [2.75, 3.05) is 25.4 Å². The van der Waals surface area contributed by atoms with Crippen LogP contribution in [0.2, 0.25) is 0 Å². The quantitative estimate of drug-likeness (QED) is 0.264. The Morgan fingerprint density at radius 3 is 1.94 bits per heavy atom. The number of carbonyl (C=O) groups excluding carboxylic acids is 3. The van der Waals surface area contributed by atoms with Crippen LogP contribution in [0.15, 0.2) is 0 Å². The predicted molar refractivity (Wildman–Crippen MR) is 60.5 cm³/mol. The van der Waals surface area contributed by atoms with Gasteiger partial charge in [-0.2, -0.15) is 12.6 Å². The molecule has 0 aliphatic heterocycles. The minimum Gasteiger partial charge on any atom is -0.480 e. The zero-order valence-electron chi connectivity index (χ0n) is 8.86. The first-order valence-corrected chi connectivity index (χ1v) is 5.26. The van der Waals surface area contributed by atoms with Crippen LogP contribution in [-0.4, -0.2) is 54.2 Å². The van der Waals surface area contributed by atoms with Crippen molar-refractivity contribution in [1.82, 2.24) is 16.0 Å². The molecule has 0 aliphatic carbocycles. The number of carboxylic acids is 1. The van der Waals surface area contributed by atoms with Crippen LogP contribution in [0, 0.1) is 0 Å². The third kappa shape index (κ3) is 8.08. The molecule has 8 nitrogen and oxygen atoms in total. The maximum absolute atomic E-state index is 11.0. The highest BCUT2D eigenvalue weighted by Crippen LogP contribution is 1.72. The SMILES string of the molecule is O=C(O)CNC(=O)C(=O)NCC(=O)NCCS. The van der Waals surface area contributed by atoms with Crippen LogP contribution in [0.5, 0.6) is 0 Å². The fourth-order valence-corrected chi connectivity index (χ4v) is 0.847. The van der Waals surface area contributed by atoms with Crippen molar-refractivity contribution in [2.24, 2.45) is 0 Å². The molecule has 0 fully saturated rings. The second kappa shape index (κ2) is 8.39. The summed E-state index contributed by atoms with van der Waals surface area (Å²) in [5, 5.41) is 14.6. The summed E-state index contributed by atoms with van der Waals surface area (Å²) in [6.07, 6.45) is 0. The van der Waals surface area contributed by atoms with Gasteiger partial charge in [0.15, 0.2) is 0 Å². The summed E-state index contributed by atoms with van der Waals surface area (Å²) in [5.41, 5.74) is 0. The van der Waals surface area contributed by atoms with Gasteiger partial charge in [0.05, 0.1) is 6.54 Å². The molecular weight excluding hydrogens is 250 g/mol. The van der Waals surface area contributed by atoms with Crippen molar-refractivity contribution >= 4 is 36.3 Å². The maximum atomic E-state index is 11.0. The van der Waals surface area contributed by atoms with E-state index >= 15 is 0 Å². The number of carboxylic acid groups (broad SMARTS) is 1. The summed E-state index contributed by atoms with van der Waals surface area (Å²) in [5.74, 6) is -3.43. The average Bonchev–Trinajstić information content (AvgIpc) is 2.29. The Morgan fingerprint density at radius 1 is 0.941 bits per heavy atom. The summed E-state index contributed by atoms with van der Waals surface area (Å²) in [4.78, 5) is 43.1. The zero-order chi connectivity index (χ0) is 13.3. The number of amides is 3. The van der Waals surface area contributed by atoms with Crippen molar-refractivity contribution < 1.29 is 24.3 Å². The second-order valence-electron chi connectivity index (χ2n) is 2.83. The van der Waals surface area contributed by atoms with Gasteiger partial charge in [-0.25, -0.2) is 0 Å². The Bertz CT molecular complexity index is 320. The van der Waals surface area contributed by atoms with E-state index in [1.54, 1.807) is 0 Å². The first-order chi connectivity index (χ1) is 7.97. The van der Waals surface area contributed by atoms with Crippen LogP contribution < -0.4 is 16.0 Å². The number of nitrogens with one attached hydrogen (secondary N) is 3. The summed E-state index contributed by atoms with van der Waals surface area (Å²) < 4.78 is 0. The molecular formula is C8H13N3O5S. The summed E-state index contributed by atoms with van der Waals surface area (Å²) in [6, 6.07) is 0. The van der Waals surface area contributed by atoms with Gasteiger partial charge in [-0.15, -0.1) is 0 Å². The molecule has 0 heterocycles. The van der Waals surface area contributed by atoms with Crippen LogP contribution in [-0.2, 0) is 19.2 Å². The van der Waals surface area contributed by atoms with E-state index < -0.39 is 30.2 Å². The lowest BCUT2D eigenvalue weighted by molar-refractivity contribution is -0.142. The Balaban J connectivity index is 3.81. The van der Waals surface area contributed by atoms with Crippen LogP contribution in [0.25, 0.3) is 0 Å². The minimum atomic E-state index is -1.27. The molecule has 0 saturated carbocycles. The van der Waals surface area contributed by atoms with E-state index in [0.717, 1.165) is 0 Å². The molecule has 4 N–H and O–H groups in total. The number of rotatable bonds is 6. The highest BCUT2D eigenvalue weighted by Gasteiger charge is 2.14. The molecule has 0 atom stereocenters.